The van der Waals surface area contributed by atoms with Crippen molar-refractivity contribution in [2.24, 2.45) is 0 Å². The molecule has 2 bridgehead atoms. The van der Waals surface area contributed by atoms with Gasteiger partial charge in [0.1, 0.15) is 17.3 Å². The molecule has 1 atom stereocenters. The summed E-state index contributed by atoms with van der Waals surface area (Å²) in [6.45, 7) is 11.8. The number of piperazine rings is 1. The van der Waals surface area contributed by atoms with E-state index < -0.39 is 17.3 Å². The quantitative estimate of drug-likeness (QED) is 0.309. The number of carbonyl (C=O) groups is 1. The Morgan fingerprint density at radius 3 is 2.50 bits per heavy atom. The minimum absolute atomic E-state index is 0.00115. The van der Waals surface area contributed by atoms with Gasteiger partial charge in [-0.15, -0.1) is 0 Å². The van der Waals surface area contributed by atoms with Crippen LogP contribution < -0.4 is 21.2 Å². The van der Waals surface area contributed by atoms with Crippen LogP contribution in [0.1, 0.15) is 38.7 Å². The summed E-state index contributed by atoms with van der Waals surface area (Å²) in [5, 5.41) is 7.02. The van der Waals surface area contributed by atoms with Crippen molar-refractivity contribution < 1.29 is 13.6 Å². The van der Waals surface area contributed by atoms with E-state index in [2.05, 4.69) is 22.2 Å². The molecule has 2 aromatic carbocycles. The average molecular weight is 600 g/mol. The zero-order valence-electron chi connectivity index (χ0n) is 25.0. The predicted molar refractivity (Wildman–Crippen MR) is 170 cm³/mol. The summed E-state index contributed by atoms with van der Waals surface area (Å²) in [6.07, 6.45) is 1.95. The molecule has 0 radical (unpaired) electrons. The van der Waals surface area contributed by atoms with Crippen molar-refractivity contribution in [2.45, 2.75) is 39.2 Å². The number of rotatable bonds is 3. The molecule has 1 fully saturated rings. The number of fused-ring (bicyclic) bond motifs is 5. The van der Waals surface area contributed by atoms with Crippen LogP contribution in [0, 0.1) is 11.6 Å². The summed E-state index contributed by atoms with van der Waals surface area (Å²) in [6, 6.07) is 11.4. The smallest absolute Gasteiger partial charge is 0.355 e. The molecule has 2 aliphatic heterocycles. The molecule has 0 saturated carbocycles. The van der Waals surface area contributed by atoms with Crippen LogP contribution in [0.5, 0.6) is 0 Å². The first kappa shape index (κ1) is 29.3. The van der Waals surface area contributed by atoms with E-state index >= 15 is 8.78 Å². The first-order chi connectivity index (χ1) is 21.2. The second kappa shape index (κ2) is 11.7. The number of hydrogen-bond acceptors (Lipinski definition) is 7. The Kier molecular flexibility index (Phi) is 7.79. The maximum atomic E-state index is 16.2. The molecule has 0 unspecified atom stereocenters. The van der Waals surface area contributed by atoms with E-state index in [0.717, 1.165) is 11.3 Å². The fraction of sp³-hybridized carbons (Fsp3) is 0.333. The van der Waals surface area contributed by atoms with Crippen LogP contribution in [-0.4, -0.2) is 64.1 Å². The van der Waals surface area contributed by atoms with E-state index in [4.69, 9.17) is 4.98 Å². The Balaban J connectivity index is 1.68. The average Bonchev–Trinajstić information content (AvgIpc) is 3.01. The first-order valence-corrected chi connectivity index (χ1v) is 14.9. The number of nitrogens with one attached hydrogen (secondary N) is 2. The highest BCUT2D eigenvalue weighted by molar-refractivity contribution is 5.93. The number of amides is 1. The minimum atomic E-state index is -0.739. The van der Waals surface area contributed by atoms with Gasteiger partial charge in [-0.2, -0.15) is 4.98 Å². The lowest BCUT2D eigenvalue weighted by Crippen LogP contribution is -2.54. The topological polar surface area (TPSA) is 95.4 Å². The number of nitrogens with zero attached hydrogens (tertiary/aromatic N) is 5. The Morgan fingerprint density at radius 1 is 1.05 bits per heavy atom. The van der Waals surface area contributed by atoms with Crippen LogP contribution in [0.4, 0.5) is 26.0 Å². The standard InChI is InChI=1S/C33H35F2N7O2/c1-5-27(43)40-15-16-41(20(4)18-40)31-22-17-24(35)29-28-23(34)10-7-11-25(28)36-13-8-14-37-26-12-6-9-21(19(2)3)30(26)42(32(22)38-29)33(44)39-31/h5-7,9-12,17,19-20,36-37H,1,8,13-16,18H2,2-4H3/t20-/m0/s1. The van der Waals surface area contributed by atoms with Crippen LogP contribution in [0.2, 0.25) is 0 Å². The molecule has 44 heavy (non-hydrogen) atoms. The van der Waals surface area contributed by atoms with E-state index in [1.807, 2.05) is 43.9 Å². The van der Waals surface area contributed by atoms with Crippen molar-refractivity contribution in [2.75, 3.05) is 48.3 Å². The molecule has 4 aromatic rings. The summed E-state index contributed by atoms with van der Waals surface area (Å²) in [5.41, 5.74) is 1.96. The van der Waals surface area contributed by atoms with Crippen molar-refractivity contribution in [1.82, 2.24) is 19.4 Å². The number of aromatic nitrogens is 3. The fourth-order valence-electron chi connectivity index (χ4n) is 6.17. The maximum Gasteiger partial charge on any atom is 0.355 e. The third-order valence-corrected chi connectivity index (χ3v) is 8.33. The molecule has 0 spiro atoms. The molecule has 2 aromatic heterocycles. The van der Waals surface area contributed by atoms with Crippen molar-refractivity contribution in [3.05, 3.63) is 82.8 Å². The van der Waals surface area contributed by atoms with E-state index in [1.165, 1.54) is 22.8 Å². The molecule has 0 aliphatic carbocycles. The minimum Gasteiger partial charge on any atom is -0.384 e. The van der Waals surface area contributed by atoms with Crippen LogP contribution in [-0.2, 0) is 4.79 Å². The molecule has 11 heteroatoms. The molecule has 1 amide bonds. The van der Waals surface area contributed by atoms with Crippen molar-refractivity contribution >= 4 is 34.1 Å². The monoisotopic (exact) mass is 599 g/mol. The first-order valence-electron chi connectivity index (χ1n) is 14.9. The largest absolute Gasteiger partial charge is 0.384 e. The number of pyridine rings is 1. The van der Waals surface area contributed by atoms with Crippen molar-refractivity contribution in [1.29, 1.82) is 0 Å². The van der Waals surface area contributed by atoms with Gasteiger partial charge in [-0.1, -0.05) is 38.6 Å². The Hall–Kier alpha value is -4.80. The molecule has 6 rings (SSSR count). The second-order valence-corrected chi connectivity index (χ2v) is 11.5. The van der Waals surface area contributed by atoms with Gasteiger partial charge < -0.3 is 20.4 Å². The Labute approximate surface area is 254 Å². The Bertz CT molecular complexity index is 1840. The van der Waals surface area contributed by atoms with Crippen molar-refractivity contribution in [3.63, 3.8) is 0 Å². The maximum absolute atomic E-state index is 16.2. The highest BCUT2D eigenvalue weighted by Gasteiger charge is 2.31. The van der Waals surface area contributed by atoms with E-state index in [0.29, 0.717) is 55.9 Å². The lowest BCUT2D eigenvalue weighted by molar-refractivity contribution is -0.126. The normalized spacial score (nSPS) is 16.7. The summed E-state index contributed by atoms with van der Waals surface area (Å²) in [7, 11) is 0. The molecule has 1 saturated heterocycles. The lowest BCUT2D eigenvalue weighted by Gasteiger charge is -2.40. The third kappa shape index (κ3) is 5.06. The third-order valence-electron chi connectivity index (χ3n) is 8.33. The van der Waals surface area contributed by atoms with Gasteiger partial charge >= 0.3 is 5.69 Å². The molecular formula is C33H35F2N7O2. The van der Waals surface area contributed by atoms with Gasteiger partial charge in [0.05, 0.1) is 22.3 Å². The molecule has 228 valence electrons. The van der Waals surface area contributed by atoms with Gasteiger partial charge in [0.25, 0.3) is 0 Å². The summed E-state index contributed by atoms with van der Waals surface area (Å²) in [5.74, 6) is -1.25. The molecule has 2 aliphatic rings. The van der Waals surface area contributed by atoms with Gasteiger partial charge in [0, 0.05) is 44.5 Å². The summed E-state index contributed by atoms with van der Waals surface area (Å²) in [4.78, 5) is 39.4. The number of hydrogen-bond donors (Lipinski definition) is 2. The molecular weight excluding hydrogens is 564 g/mol. The number of para-hydroxylation sites is 1. The SMILES string of the molecule is C=CC(=O)N1CCN(c2nc(=O)n3c4nc(c(F)cc24)-c2c(F)cccc2NCCCNc2cccc(C(C)C)c2-3)[C@@H](C)C1. The van der Waals surface area contributed by atoms with E-state index in [9.17, 15) is 9.59 Å². The van der Waals surface area contributed by atoms with Crippen LogP contribution in [0.15, 0.2) is 59.9 Å². The molecule has 2 N–H and O–H groups in total. The van der Waals surface area contributed by atoms with Gasteiger partial charge in [-0.25, -0.2) is 23.1 Å². The van der Waals surface area contributed by atoms with Gasteiger partial charge in [0.15, 0.2) is 11.5 Å². The van der Waals surface area contributed by atoms with Crippen LogP contribution >= 0.6 is 0 Å². The number of halogens is 2. The molecule has 4 heterocycles. The molecule has 9 nitrogen and oxygen atoms in total. The summed E-state index contributed by atoms with van der Waals surface area (Å²) >= 11 is 0. The van der Waals surface area contributed by atoms with Gasteiger partial charge in [0.2, 0.25) is 5.91 Å². The number of anilines is 3. The number of benzene rings is 2. The van der Waals surface area contributed by atoms with Crippen molar-refractivity contribution in [3.8, 4) is 16.9 Å². The lowest BCUT2D eigenvalue weighted by atomic mass is 9.99. The summed E-state index contributed by atoms with van der Waals surface area (Å²) < 4.78 is 33.1. The second-order valence-electron chi connectivity index (χ2n) is 11.5. The van der Waals surface area contributed by atoms with Gasteiger partial charge in [-0.3, -0.25) is 4.79 Å². The van der Waals surface area contributed by atoms with E-state index in [-0.39, 0.29) is 40.6 Å². The zero-order chi connectivity index (χ0) is 31.1. The highest BCUT2D eigenvalue weighted by Crippen LogP contribution is 2.38. The van der Waals surface area contributed by atoms with Crippen LogP contribution in [0.3, 0.4) is 0 Å². The highest BCUT2D eigenvalue weighted by atomic mass is 19.1. The zero-order valence-corrected chi connectivity index (χ0v) is 25.0. The van der Waals surface area contributed by atoms with Crippen LogP contribution in [0.25, 0.3) is 28.0 Å². The predicted octanol–water partition coefficient (Wildman–Crippen LogP) is 5.30. The van der Waals surface area contributed by atoms with Gasteiger partial charge in [-0.05, 0) is 55.2 Å². The number of carbonyl (C=O) groups excluding carboxylic acids is 1. The van der Waals surface area contributed by atoms with E-state index in [1.54, 1.807) is 17.0 Å². The Morgan fingerprint density at radius 2 is 1.77 bits per heavy atom. The fourth-order valence-corrected chi connectivity index (χ4v) is 6.17.